The standard InChI is InChI=1S/C29H36N6O3.2CH4O3S/c1-22-9-11-24(12-10-22)26(23-7-5-4-6-8-23)38-20-19-34-15-13-33(14-16-34)17-18-35-21-30-27-25(35)28(36)32(3)29(37)31(27)2;2*1-5(2,3)4/h4-12,21,26H,13-20H2,1-3H3;2*1H3,(H,2,3,4). The van der Waals surface area contributed by atoms with Crippen LogP contribution in [0.4, 0.5) is 0 Å². The van der Waals surface area contributed by atoms with E-state index in [1.54, 1.807) is 13.4 Å². The molecule has 0 bridgehead atoms. The molecule has 0 amide bonds. The van der Waals surface area contributed by atoms with Gasteiger partial charge in [0.25, 0.3) is 25.8 Å². The Morgan fingerprint density at radius 2 is 1.27 bits per heavy atom. The van der Waals surface area contributed by atoms with Crippen LogP contribution in [-0.2, 0) is 45.6 Å². The first kappa shape index (κ1) is 38.7. The Balaban J connectivity index is 0.000000548. The summed E-state index contributed by atoms with van der Waals surface area (Å²) in [5.41, 5.74) is 3.84. The molecule has 0 spiro atoms. The number of hydrogen-bond donors (Lipinski definition) is 2. The van der Waals surface area contributed by atoms with Crippen molar-refractivity contribution in [3.8, 4) is 0 Å². The maximum absolute atomic E-state index is 12.7. The summed E-state index contributed by atoms with van der Waals surface area (Å²) in [6, 6.07) is 19.0. The molecule has 264 valence electrons. The summed E-state index contributed by atoms with van der Waals surface area (Å²) < 4.78 is 62.6. The van der Waals surface area contributed by atoms with Gasteiger partial charge < -0.3 is 9.30 Å². The lowest BCUT2D eigenvalue weighted by atomic mass is 10.0. The molecule has 2 aromatic heterocycles. The largest absolute Gasteiger partial charge is 0.367 e. The van der Waals surface area contributed by atoms with E-state index >= 15 is 0 Å². The van der Waals surface area contributed by atoms with Gasteiger partial charge in [-0.2, -0.15) is 16.8 Å². The van der Waals surface area contributed by atoms with Crippen LogP contribution in [0, 0.1) is 6.92 Å². The first-order valence-corrected chi connectivity index (χ1v) is 18.8. The van der Waals surface area contributed by atoms with Crippen molar-refractivity contribution >= 4 is 31.4 Å². The van der Waals surface area contributed by atoms with Gasteiger partial charge in [0.15, 0.2) is 11.2 Å². The number of nitrogens with zero attached hydrogens (tertiary/aromatic N) is 6. The average Bonchev–Trinajstić information content (AvgIpc) is 3.44. The molecule has 2 N–H and O–H groups in total. The third-order valence-electron chi connectivity index (χ3n) is 7.51. The van der Waals surface area contributed by atoms with E-state index in [9.17, 15) is 26.4 Å². The molecule has 1 aliphatic rings. The van der Waals surface area contributed by atoms with Crippen LogP contribution in [0.15, 0.2) is 70.5 Å². The van der Waals surface area contributed by atoms with Crippen LogP contribution < -0.4 is 11.2 Å². The lowest BCUT2D eigenvalue weighted by Crippen LogP contribution is -2.48. The quantitative estimate of drug-likeness (QED) is 0.237. The van der Waals surface area contributed by atoms with Gasteiger partial charge in [-0.3, -0.25) is 32.8 Å². The zero-order chi connectivity index (χ0) is 35.6. The van der Waals surface area contributed by atoms with Crippen LogP contribution in [0.2, 0.25) is 0 Å². The van der Waals surface area contributed by atoms with Crippen LogP contribution in [-0.4, -0.2) is 113 Å². The smallest absolute Gasteiger partial charge is 0.332 e. The van der Waals surface area contributed by atoms with E-state index < -0.39 is 20.2 Å². The molecule has 2 aromatic carbocycles. The molecule has 0 saturated carbocycles. The summed E-state index contributed by atoms with van der Waals surface area (Å²) in [6.07, 6.45) is 3.02. The molecule has 1 aliphatic heterocycles. The van der Waals surface area contributed by atoms with Crippen LogP contribution in [0.5, 0.6) is 0 Å². The molecule has 1 fully saturated rings. The van der Waals surface area contributed by atoms with Gasteiger partial charge in [-0.05, 0) is 18.1 Å². The lowest BCUT2D eigenvalue weighted by Gasteiger charge is -2.35. The second-order valence-electron chi connectivity index (χ2n) is 11.5. The highest BCUT2D eigenvalue weighted by molar-refractivity contribution is 7.85. The molecule has 48 heavy (non-hydrogen) atoms. The Bertz CT molecular complexity index is 1920. The number of piperazine rings is 1. The number of aromatic nitrogens is 4. The maximum Gasteiger partial charge on any atom is 0.332 e. The molecule has 17 heteroatoms. The number of aryl methyl sites for hydroxylation is 2. The first-order chi connectivity index (χ1) is 22.4. The van der Waals surface area contributed by atoms with Crippen molar-refractivity contribution in [2.24, 2.45) is 14.1 Å². The fourth-order valence-electron chi connectivity index (χ4n) is 5.11. The maximum atomic E-state index is 12.7. The summed E-state index contributed by atoms with van der Waals surface area (Å²) in [7, 11) is -4.18. The van der Waals surface area contributed by atoms with Crippen LogP contribution >= 0.6 is 0 Å². The van der Waals surface area contributed by atoms with Crippen molar-refractivity contribution in [3.05, 3.63) is 98.5 Å². The minimum atomic E-state index is -3.67. The van der Waals surface area contributed by atoms with E-state index in [2.05, 4.69) is 70.2 Å². The van der Waals surface area contributed by atoms with Crippen LogP contribution in [0.1, 0.15) is 22.8 Å². The Hall–Kier alpha value is -3.71. The van der Waals surface area contributed by atoms with Gasteiger partial charge in [0, 0.05) is 59.9 Å². The zero-order valence-corrected chi connectivity index (χ0v) is 29.4. The molecule has 1 unspecified atom stereocenters. The van der Waals surface area contributed by atoms with Crippen LogP contribution in [0.25, 0.3) is 11.2 Å². The predicted molar refractivity (Wildman–Crippen MR) is 183 cm³/mol. The highest BCUT2D eigenvalue weighted by Gasteiger charge is 2.20. The normalized spacial score (nSPS) is 14.9. The summed E-state index contributed by atoms with van der Waals surface area (Å²) in [4.78, 5) is 34.0. The number of hydrogen-bond acceptors (Lipinski definition) is 10. The van der Waals surface area contributed by atoms with Crippen molar-refractivity contribution in [2.75, 3.05) is 58.4 Å². The van der Waals surface area contributed by atoms with E-state index in [0.717, 1.165) is 43.8 Å². The fraction of sp³-hybridized carbons (Fsp3) is 0.452. The molecule has 1 atom stereocenters. The summed E-state index contributed by atoms with van der Waals surface area (Å²) in [5, 5.41) is 0. The predicted octanol–water partition coefficient (Wildman–Crippen LogP) is 1.17. The monoisotopic (exact) mass is 708 g/mol. The highest BCUT2D eigenvalue weighted by atomic mass is 32.2. The van der Waals surface area contributed by atoms with Crippen molar-refractivity contribution in [1.29, 1.82) is 0 Å². The van der Waals surface area contributed by atoms with Gasteiger partial charge in [0.1, 0.15) is 6.10 Å². The summed E-state index contributed by atoms with van der Waals surface area (Å²) >= 11 is 0. The Labute approximate surface area is 280 Å². The van der Waals surface area contributed by atoms with Gasteiger partial charge in [-0.1, -0.05) is 60.2 Å². The second kappa shape index (κ2) is 17.1. The Kier molecular flexibility index (Phi) is 13.8. The summed E-state index contributed by atoms with van der Waals surface area (Å²) in [5.74, 6) is 0. The van der Waals surface area contributed by atoms with E-state index in [1.165, 1.54) is 28.3 Å². The topological polar surface area (TPSA) is 186 Å². The lowest BCUT2D eigenvalue weighted by molar-refractivity contribution is 0.0449. The van der Waals surface area contributed by atoms with Gasteiger partial charge in [-0.25, -0.2) is 9.78 Å². The average molecular weight is 709 g/mol. The molecule has 4 aromatic rings. The number of rotatable bonds is 9. The third-order valence-corrected chi connectivity index (χ3v) is 7.51. The molecular weight excluding hydrogens is 665 g/mol. The minimum Gasteiger partial charge on any atom is -0.367 e. The molecule has 1 saturated heterocycles. The van der Waals surface area contributed by atoms with Gasteiger partial charge >= 0.3 is 5.69 Å². The molecule has 0 aliphatic carbocycles. The Morgan fingerprint density at radius 3 is 1.81 bits per heavy atom. The summed E-state index contributed by atoms with van der Waals surface area (Å²) in [6.45, 7) is 9.01. The van der Waals surface area contributed by atoms with E-state index in [4.69, 9.17) is 13.8 Å². The van der Waals surface area contributed by atoms with Crippen molar-refractivity contribution in [1.82, 2.24) is 28.5 Å². The number of imidazole rings is 1. The molecule has 3 heterocycles. The van der Waals surface area contributed by atoms with Crippen LogP contribution in [0.3, 0.4) is 0 Å². The molecular formula is C31H44N6O9S2. The number of fused-ring (bicyclic) bond motifs is 1. The third kappa shape index (κ3) is 12.4. The SMILES string of the molecule is CS(=O)(=O)O.CS(=O)(=O)O.Cc1ccc(C(OCCN2CCN(CCn3cnc4c3c(=O)n(C)c(=O)n4C)CC2)c2ccccc2)cc1. The Morgan fingerprint density at radius 1 is 0.771 bits per heavy atom. The second-order valence-corrected chi connectivity index (χ2v) is 14.5. The first-order valence-electron chi connectivity index (χ1n) is 15.1. The molecule has 5 rings (SSSR count). The van der Waals surface area contributed by atoms with Crippen molar-refractivity contribution in [3.63, 3.8) is 0 Å². The van der Waals surface area contributed by atoms with E-state index in [-0.39, 0.29) is 17.4 Å². The zero-order valence-electron chi connectivity index (χ0n) is 27.8. The van der Waals surface area contributed by atoms with E-state index in [1.807, 2.05) is 10.6 Å². The molecule has 0 radical (unpaired) electrons. The minimum absolute atomic E-state index is 0.0738. The highest BCUT2D eigenvalue weighted by Crippen LogP contribution is 2.26. The van der Waals surface area contributed by atoms with E-state index in [0.29, 0.717) is 36.8 Å². The number of ether oxygens (including phenoxy) is 1. The number of benzene rings is 2. The fourth-order valence-corrected chi connectivity index (χ4v) is 5.11. The van der Waals surface area contributed by atoms with Crippen molar-refractivity contribution in [2.45, 2.75) is 19.6 Å². The van der Waals surface area contributed by atoms with Crippen molar-refractivity contribution < 1.29 is 30.7 Å². The van der Waals surface area contributed by atoms with Gasteiger partial charge in [-0.15, -0.1) is 0 Å². The van der Waals surface area contributed by atoms with Gasteiger partial charge in [0.2, 0.25) is 0 Å². The molecule has 15 nitrogen and oxygen atoms in total. The van der Waals surface area contributed by atoms with Gasteiger partial charge in [0.05, 0.1) is 25.4 Å².